The average molecular weight is 295 g/mol. The van der Waals surface area contributed by atoms with Crippen molar-refractivity contribution in [2.75, 3.05) is 27.2 Å². The van der Waals surface area contributed by atoms with E-state index in [9.17, 15) is 0 Å². The van der Waals surface area contributed by atoms with Gasteiger partial charge in [0.25, 0.3) is 0 Å². The number of benzene rings is 1. The number of hydrogen-bond acceptors (Lipinski definition) is 2. The van der Waals surface area contributed by atoms with Crippen molar-refractivity contribution in [3.8, 4) is 0 Å². The van der Waals surface area contributed by atoms with Crippen LogP contribution in [-0.4, -0.2) is 44.1 Å². The van der Waals surface area contributed by atoms with Gasteiger partial charge in [0.15, 0.2) is 5.96 Å². The third-order valence-electron chi connectivity index (χ3n) is 3.77. The molecule has 20 heavy (non-hydrogen) atoms. The molecule has 0 amide bonds. The highest BCUT2D eigenvalue weighted by Gasteiger charge is 2.20. The molecule has 1 aliphatic rings. The molecule has 1 heterocycles. The van der Waals surface area contributed by atoms with Crippen LogP contribution in [0, 0.1) is 0 Å². The fraction of sp³-hybridized carbons (Fsp3) is 0.533. The molecule has 1 aromatic carbocycles. The largest absolute Gasteiger partial charge is 0.355 e. The zero-order valence-corrected chi connectivity index (χ0v) is 13.0. The van der Waals surface area contributed by atoms with Crippen LogP contribution < -0.4 is 10.6 Å². The van der Waals surface area contributed by atoms with Gasteiger partial charge in [-0.1, -0.05) is 23.7 Å². The van der Waals surface area contributed by atoms with Gasteiger partial charge in [0, 0.05) is 31.2 Å². The van der Waals surface area contributed by atoms with Gasteiger partial charge in [-0.2, -0.15) is 0 Å². The Labute approximate surface area is 126 Å². The van der Waals surface area contributed by atoms with Crippen molar-refractivity contribution in [1.29, 1.82) is 0 Å². The summed E-state index contributed by atoms with van der Waals surface area (Å²) in [5.74, 6) is 0.847. The minimum absolute atomic E-state index is 0.615. The molecule has 4 nitrogen and oxygen atoms in total. The molecule has 1 fully saturated rings. The number of nitrogens with one attached hydrogen (secondary N) is 2. The first-order valence-electron chi connectivity index (χ1n) is 7.08. The highest BCUT2D eigenvalue weighted by atomic mass is 35.5. The Hall–Kier alpha value is -1.26. The van der Waals surface area contributed by atoms with Gasteiger partial charge in [0.05, 0.1) is 0 Å². The van der Waals surface area contributed by atoms with E-state index in [2.05, 4.69) is 27.6 Å². The van der Waals surface area contributed by atoms with Gasteiger partial charge in [-0.3, -0.25) is 4.99 Å². The number of likely N-dealkylation sites (N-methyl/N-ethyl adjacent to an activating group) is 1. The van der Waals surface area contributed by atoms with E-state index in [1.165, 1.54) is 24.9 Å². The van der Waals surface area contributed by atoms with E-state index in [1.54, 1.807) is 7.05 Å². The summed E-state index contributed by atoms with van der Waals surface area (Å²) in [5.41, 5.74) is 1.19. The number of hydrogen-bond donors (Lipinski definition) is 2. The van der Waals surface area contributed by atoms with Gasteiger partial charge < -0.3 is 15.5 Å². The van der Waals surface area contributed by atoms with Gasteiger partial charge in [-0.15, -0.1) is 0 Å². The fourth-order valence-electron chi connectivity index (χ4n) is 2.46. The Kier molecular flexibility index (Phi) is 5.68. The van der Waals surface area contributed by atoms with Crippen LogP contribution in [0.2, 0.25) is 5.02 Å². The second-order valence-electron chi connectivity index (χ2n) is 5.21. The van der Waals surface area contributed by atoms with E-state index in [-0.39, 0.29) is 0 Å². The lowest BCUT2D eigenvalue weighted by molar-refractivity contribution is 0.309. The van der Waals surface area contributed by atoms with Gasteiger partial charge in [0.2, 0.25) is 0 Å². The molecule has 1 aliphatic heterocycles. The lowest BCUT2D eigenvalue weighted by atomic mass is 10.2. The standard InChI is InChI=1S/C15H23ClN4/c1-17-15(19-11-14-4-3-9-20(14)2)18-10-12-5-7-13(16)8-6-12/h5-8,14H,3-4,9-11H2,1-2H3,(H2,17,18,19). The van der Waals surface area contributed by atoms with Crippen LogP contribution >= 0.6 is 11.6 Å². The molecule has 2 rings (SSSR count). The quantitative estimate of drug-likeness (QED) is 0.660. The van der Waals surface area contributed by atoms with Crippen molar-refractivity contribution < 1.29 is 0 Å². The van der Waals surface area contributed by atoms with Crippen molar-refractivity contribution in [1.82, 2.24) is 15.5 Å². The molecule has 0 radical (unpaired) electrons. The van der Waals surface area contributed by atoms with Crippen molar-refractivity contribution >= 4 is 17.6 Å². The fourth-order valence-corrected chi connectivity index (χ4v) is 2.59. The van der Waals surface area contributed by atoms with Crippen LogP contribution in [0.1, 0.15) is 18.4 Å². The Bertz CT molecular complexity index is 444. The third-order valence-corrected chi connectivity index (χ3v) is 4.03. The first-order valence-corrected chi connectivity index (χ1v) is 7.46. The van der Waals surface area contributed by atoms with Crippen LogP contribution in [0.3, 0.4) is 0 Å². The molecule has 5 heteroatoms. The molecular weight excluding hydrogens is 272 g/mol. The molecule has 0 aliphatic carbocycles. The summed E-state index contributed by atoms with van der Waals surface area (Å²) in [6, 6.07) is 8.47. The van der Waals surface area contributed by atoms with Crippen LogP contribution in [0.4, 0.5) is 0 Å². The smallest absolute Gasteiger partial charge is 0.191 e. The zero-order valence-electron chi connectivity index (χ0n) is 12.2. The van der Waals surface area contributed by atoms with Gasteiger partial charge >= 0.3 is 0 Å². The van der Waals surface area contributed by atoms with Crippen LogP contribution in [0.5, 0.6) is 0 Å². The number of halogens is 1. The molecule has 1 atom stereocenters. The number of guanidine groups is 1. The maximum Gasteiger partial charge on any atom is 0.191 e. The van der Waals surface area contributed by atoms with Gasteiger partial charge in [-0.25, -0.2) is 0 Å². The highest BCUT2D eigenvalue weighted by Crippen LogP contribution is 2.13. The number of likely N-dealkylation sites (tertiary alicyclic amines) is 1. The van der Waals surface area contributed by atoms with Crippen LogP contribution in [-0.2, 0) is 6.54 Å². The monoisotopic (exact) mass is 294 g/mol. The molecule has 0 saturated carbocycles. The van der Waals surface area contributed by atoms with Crippen LogP contribution in [0.25, 0.3) is 0 Å². The summed E-state index contributed by atoms with van der Waals surface area (Å²) in [7, 11) is 3.98. The number of nitrogens with zero attached hydrogens (tertiary/aromatic N) is 2. The Morgan fingerprint density at radius 1 is 1.35 bits per heavy atom. The van der Waals surface area contributed by atoms with Crippen molar-refractivity contribution in [2.24, 2.45) is 4.99 Å². The molecular formula is C15H23ClN4. The van der Waals surface area contributed by atoms with E-state index in [1.807, 2.05) is 24.3 Å². The van der Waals surface area contributed by atoms with E-state index < -0.39 is 0 Å². The second-order valence-corrected chi connectivity index (χ2v) is 5.65. The number of aliphatic imine (C=N–C) groups is 1. The zero-order chi connectivity index (χ0) is 14.4. The molecule has 0 spiro atoms. The van der Waals surface area contributed by atoms with Crippen molar-refractivity contribution in [2.45, 2.75) is 25.4 Å². The molecule has 0 bridgehead atoms. The summed E-state index contributed by atoms with van der Waals surface area (Å²) >= 11 is 5.88. The predicted molar refractivity (Wildman–Crippen MR) is 85.3 cm³/mol. The summed E-state index contributed by atoms with van der Waals surface area (Å²) in [5, 5.41) is 7.48. The Morgan fingerprint density at radius 2 is 2.10 bits per heavy atom. The Balaban J connectivity index is 1.76. The highest BCUT2D eigenvalue weighted by molar-refractivity contribution is 6.30. The van der Waals surface area contributed by atoms with E-state index in [0.717, 1.165) is 24.1 Å². The van der Waals surface area contributed by atoms with E-state index in [0.29, 0.717) is 6.04 Å². The first kappa shape index (κ1) is 15.1. The minimum atomic E-state index is 0.615. The van der Waals surface area contributed by atoms with Crippen molar-refractivity contribution in [3.63, 3.8) is 0 Å². The summed E-state index contributed by atoms with van der Waals surface area (Å²) in [6.07, 6.45) is 2.55. The summed E-state index contributed by atoms with van der Waals surface area (Å²) in [4.78, 5) is 6.66. The van der Waals surface area contributed by atoms with E-state index >= 15 is 0 Å². The maximum atomic E-state index is 5.88. The van der Waals surface area contributed by atoms with Crippen molar-refractivity contribution in [3.05, 3.63) is 34.9 Å². The molecule has 0 aromatic heterocycles. The molecule has 2 N–H and O–H groups in total. The topological polar surface area (TPSA) is 39.7 Å². The lowest BCUT2D eigenvalue weighted by Crippen LogP contribution is -2.43. The first-order chi connectivity index (χ1) is 9.69. The predicted octanol–water partition coefficient (Wildman–Crippen LogP) is 2.10. The normalized spacial score (nSPS) is 20.1. The average Bonchev–Trinajstić information content (AvgIpc) is 2.86. The number of rotatable bonds is 4. The molecule has 110 valence electrons. The van der Waals surface area contributed by atoms with E-state index in [4.69, 9.17) is 11.6 Å². The van der Waals surface area contributed by atoms with Gasteiger partial charge in [0.1, 0.15) is 0 Å². The minimum Gasteiger partial charge on any atom is -0.355 e. The summed E-state index contributed by atoms with van der Waals surface area (Å²) < 4.78 is 0. The summed E-state index contributed by atoms with van der Waals surface area (Å²) in [6.45, 7) is 2.89. The lowest BCUT2D eigenvalue weighted by Gasteiger charge is -2.21. The third kappa shape index (κ3) is 4.39. The van der Waals surface area contributed by atoms with Gasteiger partial charge in [-0.05, 0) is 44.1 Å². The van der Waals surface area contributed by atoms with Crippen LogP contribution in [0.15, 0.2) is 29.3 Å². The molecule has 1 saturated heterocycles. The SMILES string of the molecule is CN=C(NCc1ccc(Cl)cc1)NCC1CCCN1C. The Morgan fingerprint density at radius 3 is 2.70 bits per heavy atom. The molecule has 1 aromatic rings. The maximum absolute atomic E-state index is 5.88. The second kappa shape index (κ2) is 7.50. The molecule has 1 unspecified atom stereocenters.